The topological polar surface area (TPSA) is 51.6 Å². The Balaban J connectivity index is 0.000000351. The normalized spacial score (nSPS) is 14.4. The van der Waals surface area contributed by atoms with Crippen molar-refractivity contribution in [1.82, 2.24) is 19.9 Å². The second-order valence-electron chi connectivity index (χ2n) is 7.66. The van der Waals surface area contributed by atoms with Crippen molar-refractivity contribution in [2.75, 3.05) is 0 Å². The molecular weight excluding hydrogens is 463 g/mol. The zero-order valence-corrected chi connectivity index (χ0v) is 19.3. The maximum Gasteiger partial charge on any atom is 0.0273 e. The largest absolute Gasteiger partial charge is 0.265 e. The van der Waals surface area contributed by atoms with Gasteiger partial charge in [-0.2, -0.15) is 0 Å². The van der Waals surface area contributed by atoms with Gasteiger partial charge in [0.2, 0.25) is 0 Å². The SMILES string of the molecule is [Co][C]1=CC=CC1.c1cc(C2=C(c3ccncc3)C(c3ccncc3)=C2c2ccncc2)ccn1. The number of hydrogen-bond donors (Lipinski definition) is 0. The van der Waals surface area contributed by atoms with Crippen molar-refractivity contribution in [2.45, 2.75) is 6.42 Å². The summed E-state index contributed by atoms with van der Waals surface area (Å²) < 4.78 is 1.16. The van der Waals surface area contributed by atoms with Gasteiger partial charge in [-0.15, -0.1) is 0 Å². The maximum absolute atomic E-state index is 4.19. The number of hydrogen-bond acceptors (Lipinski definition) is 4. The summed E-state index contributed by atoms with van der Waals surface area (Å²) in [5.74, 6) is 0. The molecule has 0 unspecified atom stereocenters. The quantitative estimate of drug-likeness (QED) is 0.347. The molecule has 0 bridgehead atoms. The van der Waals surface area contributed by atoms with Crippen LogP contribution >= 0.6 is 0 Å². The molecule has 0 aromatic carbocycles. The Kier molecular flexibility index (Phi) is 6.65. The fourth-order valence-electron chi connectivity index (χ4n) is 4.08. The molecule has 0 radical (unpaired) electrons. The van der Waals surface area contributed by atoms with Crippen LogP contribution in [0.1, 0.15) is 28.7 Å². The average Bonchev–Trinajstić information content (AvgIpc) is 3.37. The van der Waals surface area contributed by atoms with Crippen LogP contribution in [0.3, 0.4) is 0 Å². The van der Waals surface area contributed by atoms with Gasteiger partial charge in [-0.25, -0.2) is 0 Å². The van der Waals surface area contributed by atoms with Gasteiger partial charge in [0.15, 0.2) is 0 Å². The molecule has 2 aliphatic rings. The zero-order chi connectivity index (χ0) is 23.2. The summed E-state index contributed by atoms with van der Waals surface area (Å²) in [6.07, 6.45) is 21.8. The van der Waals surface area contributed by atoms with Crippen LogP contribution in [-0.2, 0) is 15.7 Å². The molecule has 4 aromatic rings. The number of nitrogens with zero attached hydrogens (tertiary/aromatic N) is 4. The second-order valence-corrected chi connectivity index (χ2v) is 8.33. The summed E-state index contributed by atoms with van der Waals surface area (Å²) in [6, 6.07) is 16.5. The van der Waals surface area contributed by atoms with Gasteiger partial charge in [-0.05, 0) is 93.1 Å². The summed E-state index contributed by atoms with van der Waals surface area (Å²) in [4.78, 5) is 16.8. The van der Waals surface area contributed by atoms with Gasteiger partial charge in [0.25, 0.3) is 0 Å². The first-order chi connectivity index (χ1) is 16.8. The van der Waals surface area contributed by atoms with Gasteiger partial charge in [0.05, 0.1) is 0 Å². The van der Waals surface area contributed by atoms with Crippen molar-refractivity contribution in [3.63, 3.8) is 0 Å². The van der Waals surface area contributed by atoms with Crippen molar-refractivity contribution in [3.05, 3.63) is 143 Å². The third kappa shape index (κ3) is 4.57. The number of rotatable bonds is 4. The molecule has 0 atom stereocenters. The molecule has 0 aliphatic heterocycles. The van der Waals surface area contributed by atoms with Gasteiger partial charge in [-0.3, -0.25) is 19.9 Å². The molecule has 4 aromatic heterocycles. The van der Waals surface area contributed by atoms with E-state index in [0.29, 0.717) is 0 Å². The Morgan fingerprint density at radius 3 is 0.941 bits per heavy atom. The Labute approximate surface area is 207 Å². The Bertz CT molecular complexity index is 1190. The zero-order valence-electron chi connectivity index (χ0n) is 18.3. The Morgan fingerprint density at radius 2 is 0.765 bits per heavy atom. The third-order valence-corrected chi connectivity index (χ3v) is 5.97. The molecule has 0 spiro atoms. The van der Waals surface area contributed by atoms with Crippen molar-refractivity contribution >= 4 is 22.3 Å². The van der Waals surface area contributed by atoms with E-state index in [1.165, 1.54) is 22.3 Å². The standard InChI is InChI=1S/C24H16N4.C5H5.Co/c1-9-25-10-2-17(1)21-22(18-3-11-26-12-4-18)24(20-7-15-28-16-8-20)23(21)19-5-13-27-14-6-19;1-2-4-5-3-1;/h1-16H;1-3H,4H2;. The monoisotopic (exact) mass is 484 g/mol. The summed E-state index contributed by atoms with van der Waals surface area (Å²) in [5.41, 5.74) is 9.44. The Morgan fingerprint density at radius 1 is 0.471 bits per heavy atom. The first-order valence-electron chi connectivity index (χ1n) is 10.9. The predicted octanol–water partition coefficient (Wildman–Crippen LogP) is 6.18. The van der Waals surface area contributed by atoms with E-state index in [2.05, 4.69) is 90.3 Å². The molecule has 4 heterocycles. The van der Waals surface area contributed by atoms with Crippen LogP contribution in [0.4, 0.5) is 0 Å². The van der Waals surface area contributed by atoms with Gasteiger partial charge in [-0.1, -0.05) is 0 Å². The van der Waals surface area contributed by atoms with Crippen molar-refractivity contribution < 1.29 is 15.7 Å². The van der Waals surface area contributed by atoms with Crippen LogP contribution in [0.5, 0.6) is 0 Å². The van der Waals surface area contributed by atoms with Gasteiger partial charge >= 0.3 is 44.9 Å². The molecule has 0 N–H and O–H groups in total. The summed E-state index contributed by atoms with van der Waals surface area (Å²) in [6.45, 7) is 0. The molecule has 34 heavy (non-hydrogen) atoms. The first-order valence-corrected chi connectivity index (χ1v) is 11.4. The molecule has 6 rings (SSSR count). The molecule has 5 heteroatoms. The predicted molar refractivity (Wildman–Crippen MR) is 132 cm³/mol. The van der Waals surface area contributed by atoms with E-state index in [0.717, 1.165) is 33.2 Å². The average molecular weight is 484 g/mol. The van der Waals surface area contributed by atoms with E-state index < -0.39 is 0 Å². The molecular formula is C29H21CoN4. The molecule has 2 aliphatic carbocycles. The van der Waals surface area contributed by atoms with Crippen LogP contribution in [-0.4, -0.2) is 19.9 Å². The number of allylic oxidation sites excluding steroid dienone is 8. The van der Waals surface area contributed by atoms with Crippen molar-refractivity contribution in [3.8, 4) is 0 Å². The summed E-state index contributed by atoms with van der Waals surface area (Å²) >= 11 is 4.14. The summed E-state index contributed by atoms with van der Waals surface area (Å²) in [5, 5.41) is 0. The van der Waals surface area contributed by atoms with Crippen LogP contribution in [0.15, 0.2) is 121 Å². The van der Waals surface area contributed by atoms with Gasteiger partial charge < -0.3 is 0 Å². The minimum atomic E-state index is 1.03. The van der Waals surface area contributed by atoms with Crippen LogP contribution < -0.4 is 0 Å². The van der Waals surface area contributed by atoms with E-state index in [4.69, 9.17) is 0 Å². The molecule has 0 saturated heterocycles. The van der Waals surface area contributed by atoms with Crippen LogP contribution in [0, 0.1) is 0 Å². The fraction of sp³-hybridized carbons (Fsp3) is 0.0345. The fourth-order valence-corrected chi connectivity index (χ4v) is 4.30. The van der Waals surface area contributed by atoms with Crippen LogP contribution in [0.25, 0.3) is 22.3 Å². The molecule has 0 saturated carbocycles. The molecule has 0 amide bonds. The summed E-state index contributed by atoms with van der Waals surface area (Å²) in [7, 11) is 0. The minimum Gasteiger partial charge on any atom is -0.265 e. The van der Waals surface area contributed by atoms with Crippen molar-refractivity contribution in [2.24, 2.45) is 0 Å². The molecule has 4 nitrogen and oxygen atoms in total. The van der Waals surface area contributed by atoms with E-state index in [1.54, 1.807) is 0 Å². The number of pyridine rings is 4. The van der Waals surface area contributed by atoms with E-state index in [-0.39, 0.29) is 0 Å². The van der Waals surface area contributed by atoms with Crippen molar-refractivity contribution in [1.29, 1.82) is 0 Å². The first kappa shape index (κ1) is 21.9. The van der Waals surface area contributed by atoms with Gasteiger partial charge in [0, 0.05) is 49.6 Å². The smallest absolute Gasteiger partial charge is 0.0273 e. The van der Waals surface area contributed by atoms with E-state index in [9.17, 15) is 0 Å². The van der Waals surface area contributed by atoms with E-state index in [1.807, 2.05) is 61.7 Å². The van der Waals surface area contributed by atoms with Gasteiger partial charge in [0.1, 0.15) is 0 Å². The Hall–Kier alpha value is -3.93. The van der Waals surface area contributed by atoms with E-state index >= 15 is 0 Å². The molecule has 0 fully saturated rings. The third-order valence-electron chi connectivity index (χ3n) is 5.59. The maximum atomic E-state index is 4.19. The van der Waals surface area contributed by atoms with Crippen LogP contribution in [0.2, 0.25) is 0 Å². The minimum absolute atomic E-state index is 1.03. The molecule has 166 valence electrons. The number of aromatic nitrogens is 4. The second kappa shape index (κ2) is 10.3.